The molecule has 1 aromatic heterocycles. The molecule has 17 heavy (non-hydrogen) atoms. The minimum absolute atomic E-state index is 0.165. The number of rotatable bonds is 6. The number of hydrogen-bond acceptors (Lipinski definition) is 4. The Hall–Kier alpha value is -0.420. The SMILES string of the molecule is CN(CCN1CCCC1)CC(N)c1cccs1. The van der Waals surface area contributed by atoms with E-state index in [0.29, 0.717) is 0 Å². The maximum Gasteiger partial charge on any atom is 0.0518 e. The highest BCUT2D eigenvalue weighted by atomic mass is 32.1. The molecule has 0 aliphatic carbocycles. The molecule has 1 atom stereocenters. The summed E-state index contributed by atoms with van der Waals surface area (Å²) in [6.45, 7) is 5.83. The fraction of sp³-hybridized carbons (Fsp3) is 0.692. The lowest BCUT2D eigenvalue weighted by Gasteiger charge is -2.23. The Bertz CT molecular complexity index is 306. The number of likely N-dealkylation sites (N-methyl/N-ethyl adjacent to an activating group) is 1. The highest BCUT2D eigenvalue weighted by Crippen LogP contribution is 2.17. The number of likely N-dealkylation sites (tertiary alicyclic amines) is 1. The summed E-state index contributed by atoms with van der Waals surface area (Å²) in [7, 11) is 2.17. The van der Waals surface area contributed by atoms with Crippen LogP contribution in [0.3, 0.4) is 0 Å². The van der Waals surface area contributed by atoms with E-state index in [-0.39, 0.29) is 6.04 Å². The Morgan fingerprint density at radius 2 is 2.24 bits per heavy atom. The maximum absolute atomic E-state index is 6.18. The van der Waals surface area contributed by atoms with Crippen LogP contribution in [-0.4, -0.2) is 49.6 Å². The van der Waals surface area contributed by atoms with Gasteiger partial charge in [-0.3, -0.25) is 0 Å². The number of thiophene rings is 1. The predicted octanol–water partition coefficient (Wildman–Crippen LogP) is 1.78. The average molecular weight is 253 g/mol. The molecule has 0 spiro atoms. The largest absolute Gasteiger partial charge is 0.322 e. The third-order valence-corrected chi connectivity index (χ3v) is 4.42. The molecule has 1 aliphatic rings. The standard InChI is InChI=1S/C13H23N3S/c1-15(8-9-16-6-2-3-7-16)11-12(14)13-5-4-10-17-13/h4-5,10,12H,2-3,6-9,11,14H2,1H3. The van der Waals surface area contributed by atoms with Crippen molar-refractivity contribution in [2.24, 2.45) is 5.73 Å². The molecule has 0 saturated carbocycles. The Morgan fingerprint density at radius 3 is 2.88 bits per heavy atom. The van der Waals surface area contributed by atoms with E-state index in [9.17, 15) is 0 Å². The van der Waals surface area contributed by atoms with Crippen LogP contribution >= 0.6 is 11.3 Å². The van der Waals surface area contributed by atoms with E-state index < -0.39 is 0 Å². The molecule has 1 aliphatic heterocycles. The number of nitrogens with zero attached hydrogens (tertiary/aromatic N) is 2. The van der Waals surface area contributed by atoms with Gasteiger partial charge >= 0.3 is 0 Å². The van der Waals surface area contributed by atoms with Crippen molar-refractivity contribution >= 4 is 11.3 Å². The minimum atomic E-state index is 0.165. The van der Waals surface area contributed by atoms with E-state index in [1.807, 2.05) is 0 Å². The smallest absolute Gasteiger partial charge is 0.0518 e. The molecule has 96 valence electrons. The van der Waals surface area contributed by atoms with Crippen molar-refractivity contribution in [3.05, 3.63) is 22.4 Å². The molecule has 4 heteroatoms. The molecule has 2 heterocycles. The molecule has 2 rings (SSSR count). The Balaban J connectivity index is 1.67. The monoisotopic (exact) mass is 253 g/mol. The molecule has 1 unspecified atom stereocenters. The average Bonchev–Trinajstić information content (AvgIpc) is 2.99. The highest BCUT2D eigenvalue weighted by molar-refractivity contribution is 7.10. The third-order valence-electron chi connectivity index (χ3n) is 3.41. The van der Waals surface area contributed by atoms with Gasteiger partial charge in [0.15, 0.2) is 0 Å². The molecule has 0 amide bonds. The summed E-state index contributed by atoms with van der Waals surface area (Å²) in [5.41, 5.74) is 6.18. The van der Waals surface area contributed by atoms with Crippen molar-refractivity contribution < 1.29 is 0 Å². The van der Waals surface area contributed by atoms with Gasteiger partial charge in [-0.2, -0.15) is 0 Å². The van der Waals surface area contributed by atoms with Crippen molar-refractivity contribution in [3.8, 4) is 0 Å². The fourth-order valence-electron chi connectivity index (χ4n) is 2.34. The van der Waals surface area contributed by atoms with Gasteiger partial charge in [-0.15, -0.1) is 11.3 Å². The quantitative estimate of drug-likeness (QED) is 0.839. The van der Waals surface area contributed by atoms with Gasteiger partial charge in [0.05, 0.1) is 6.04 Å². The molecular weight excluding hydrogens is 230 g/mol. The fourth-order valence-corrected chi connectivity index (χ4v) is 3.06. The summed E-state index contributed by atoms with van der Waals surface area (Å²) in [6.07, 6.45) is 2.75. The van der Waals surface area contributed by atoms with E-state index in [4.69, 9.17) is 5.73 Å². The van der Waals surface area contributed by atoms with Crippen LogP contribution < -0.4 is 5.73 Å². The van der Waals surface area contributed by atoms with Crippen molar-refractivity contribution in [1.29, 1.82) is 0 Å². The first-order chi connectivity index (χ1) is 8.25. The summed E-state index contributed by atoms with van der Waals surface area (Å²) in [5, 5.41) is 2.10. The molecular formula is C13H23N3S. The van der Waals surface area contributed by atoms with Crippen LogP contribution in [0.5, 0.6) is 0 Å². The van der Waals surface area contributed by atoms with Gasteiger partial charge in [0.25, 0.3) is 0 Å². The highest BCUT2D eigenvalue weighted by Gasteiger charge is 2.14. The lowest BCUT2D eigenvalue weighted by molar-refractivity contribution is 0.249. The molecule has 1 aromatic rings. The lowest BCUT2D eigenvalue weighted by Crippen LogP contribution is -2.35. The summed E-state index contributed by atoms with van der Waals surface area (Å²) in [5.74, 6) is 0. The first-order valence-corrected chi connectivity index (χ1v) is 7.33. The molecule has 0 radical (unpaired) electrons. The first-order valence-electron chi connectivity index (χ1n) is 6.45. The van der Waals surface area contributed by atoms with Crippen LogP contribution in [0.25, 0.3) is 0 Å². The van der Waals surface area contributed by atoms with Crippen LogP contribution in [0.1, 0.15) is 23.8 Å². The Kier molecular flexibility index (Phi) is 4.98. The maximum atomic E-state index is 6.18. The van der Waals surface area contributed by atoms with Crippen LogP contribution in [0.4, 0.5) is 0 Å². The second kappa shape index (κ2) is 6.50. The van der Waals surface area contributed by atoms with Crippen LogP contribution in [-0.2, 0) is 0 Å². The van der Waals surface area contributed by atoms with E-state index in [1.165, 1.54) is 37.4 Å². The zero-order chi connectivity index (χ0) is 12.1. The van der Waals surface area contributed by atoms with Gasteiger partial charge in [-0.25, -0.2) is 0 Å². The van der Waals surface area contributed by atoms with Crippen molar-refractivity contribution in [1.82, 2.24) is 9.80 Å². The van der Waals surface area contributed by atoms with Gasteiger partial charge in [0, 0.05) is 24.5 Å². The second-order valence-electron chi connectivity index (χ2n) is 4.93. The first kappa shape index (κ1) is 13.0. The lowest BCUT2D eigenvalue weighted by atomic mass is 10.2. The van der Waals surface area contributed by atoms with E-state index >= 15 is 0 Å². The van der Waals surface area contributed by atoms with Gasteiger partial charge in [0.2, 0.25) is 0 Å². The van der Waals surface area contributed by atoms with Crippen LogP contribution in [0.15, 0.2) is 17.5 Å². The van der Waals surface area contributed by atoms with Gasteiger partial charge in [-0.05, 0) is 44.4 Å². The summed E-state index contributed by atoms with van der Waals surface area (Å²) in [4.78, 5) is 6.19. The van der Waals surface area contributed by atoms with E-state index in [2.05, 4.69) is 34.4 Å². The van der Waals surface area contributed by atoms with E-state index in [0.717, 1.165) is 13.1 Å². The zero-order valence-corrected chi connectivity index (χ0v) is 11.5. The van der Waals surface area contributed by atoms with Crippen molar-refractivity contribution in [2.45, 2.75) is 18.9 Å². The molecule has 2 N–H and O–H groups in total. The summed E-state index contributed by atoms with van der Waals surface area (Å²) >= 11 is 1.75. The molecule has 3 nitrogen and oxygen atoms in total. The molecule has 0 aromatic carbocycles. The van der Waals surface area contributed by atoms with Crippen molar-refractivity contribution in [3.63, 3.8) is 0 Å². The Labute approximate surface area is 108 Å². The van der Waals surface area contributed by atoms with Gasteiger partial charge in [0.1, 0.15) is 0 Å². The topological polar surface area (TPSA) is 32.5 Å². The number of hydrogen-bond donors (Lipinski definition) is 1. The predicted molar refractivity (Wildman–Crippen MR) is 74.4 cm³/mol. The summed E-state index contributed by atoms with van der Waals surface area (Å²) in [6, 6.07) is 4.37. The third kappa shape index (κ3) is 4.07. The zero-order valence-electron chi connectivity index (χ0n) is 10.6. The second-order valence-corrected chi connectivity index (χ2v) is 5.91. The minimum Gasteiger partial charge on any atom is -0.322 e. The Morgan fingerprint density at radius 1 is 1.47 bits per heavy atom. The molecule has 1 fully saturated rings. The van der Waals surface area contributed by atoms with Crippen LogP contribution in [0, 0.1) is 0 Å². The van der Waals surface area contributed by atoms with E-state index in [1.54, 1.807) is 11.3 Å². The van der Waals surface area contributed by atoms with Gasteiger partial charge in [-0.1, -0.05) is 6.07 Å². The number of nitrogens with two attached hydrogens (primary N) is 1. The van der Waals surface area contributed by atoms with Crippen molar-refractivity contribution in [2.75, 3.05) is 39.8 Å². The molecule has 1 saturated heterocycles. The normalized spacial score (nSPS) is 19.0. The van der Waals surface area contributed by atoms with Crippen LogP contribution in [0.2, 0.25) is 0 Å². The van der Waals surface area contributed by atoms with Gasteiger partial charge < -0.3 is 15.5 Å². The molecule has 0 bridgehead atoms. The summed E-state index contributed by atoms with van der Waals surface area (Å²) < 4.78 is 0.